The summed E-state index contributed by atoms with van der Waals surface area (Å²) >= 11 is 0. The first-order valence-corrected chi connectivity index (χ1v) is 8.12. The second-order valence-corrected chi connectivity index (χ2v) is 6.28. The summed E-state index contributed by atoms with van der Waals surface area (Å²) in [6.45, 7) is 3.56. The van der Waals surface area contributed by atoms with Crippen LogP contribution in [0.15, 0.2) is 60.0 Å². The quantitative estimate of drug-likeness (QED) is 0.469. The second-order valence-electron chi connectivity index (χ2n) is 4.60. The van der Waals surface area contributed by atoms with Crippen LogP contribution in [0.1, 0.15) is 0 Å². The molecule has 0 heterocycles. The molecule has 0 bridgehead atoms. The van der Waals surface area contributed by atoms with Gasteiger partial charge in [-0.1, -0.05) is 12.7 Å². The Bertz CT molecular complexity index is 866. The van der Waals surface area contributed by atoms with Gasteiger partial charge in [-0.15, -0.1) is 0 Å². The van der Waals surface area contributed by atoms with Crippen LogP contribution in [0.2, 0.25) is 0 Å². The number of hydrogen-bond donors (Lipinski definition) is 1. The van der Waals surface area contributed by atoms with Crippen molar-refractivity contribution in [2.45, 2.75) is 4.90 Å². The molecule has 0 spiro atoms. The molecule has 0 fully saturated rings. The van der Waals surface area contributed by atoms with Gasteiger partial charge in [0.15, 0.2) is 0 Å². The molecule has 0 aromatic heterocycles. The van der Waals surface area contributed by atoms with Crippen molar-refractivity contribution < 1.29 is 22.5 Å². The molecule has 2 aromatic carbocycles. The molecule has 2 aromatic rings. The number of sulfonamides is 1. The van der Waals surface area contributed by atoms with Gasteiger partial charge in [-0.2, -0.15) is 0 Å². The fourth-order valence-corrected chi connectivity index (χ4v) is 2.86. The summed E-state index contributed by atoms with van der Waals surface area (Å²) in [6, 6.07) is 7.67. The summed E-state index contributed by atoms with van der Waals surface area (Å²) in [6.07, 6.45) is 1.44. The van der Waals surface area contributed by atoms with Crippen LogP contribution in [0, 0.1) is 15.9 Å². The first kappa shape index (κ1) is 17.4. The minimum Gasteiger partial charge on any atom is -0.487 e. The molecule has 0 unspecified atom stereocenters. The Morgan fingerprint density at radius 2 is 1.92 bits per heavy atom. The van der Waals surface area contributed by atoms with Gasteiger partial charge in [0.1, 0.15) is 18.2 Å². The standard InChI is InChI=1S/C15H13FN2O5S/c1-2-9-23-15-8-5-12(18(19)20)10-14(15)17-24(21,22)13-6-3-11(16)4-7-13/h2-8,10,17H,1,9H2. The fraction of sp³-hybridized carbons (Fsp3) is 0.0667. The van der Waals surface area contributed by atoms with E-state index in [-0.39, 0.29) is 28.6 Å². The van der Waals surface area contributed by atoms with Crippen LogP contribution in [0.25, 0.3) is 0 Å². The normalized spacial score (nSPS) is 10.9. The van der Waals surface area contributed by atoms with Gasteiger partial charge in [-0.25, -0.2) is 12.8 Å². The third-order valence-corrected chi connectivity index (χ3v) is 4.28. The van der Waals surface area contributed by atoms with E-state index in [1.165, 1.54) is 18.2 Å². The maximum Gasteiger partial charge on any atom is 0.271 e. The van der Waals surface area contributed by atoms with Gasteiger partial charge in [-0.3, -0.25) is 14.8 Å². The highest BCUT2D eigenvalue weighted by molar-refractivity contribution is 7.92. The molecule has 9 heteroatoms. The van der Waals surface area contributed by atoms with Gasteiger partial charge < -0.3 is 4.74 Å². The number of nitro groups is 1. The maximum atomic E-state index is 12.9. The Kier molecular flexibility index (Phi) is 5.14. The Labute approximate surface area is 137 Å². The molecule has 126 valence electrons. The van der Waals surface area contributed by atoms with Crippen molar-refractivity contribution in [1.82, 2.24) is 0 Å². The van der Waals surface area contributed by atoms with E-state index in [2.05, 4.69) is 11.3 Å². The Morgan fingerprint density at radius 1 is 1.25 bits per heavy atom. The van der Waals surface area contributed by atoms with Gasteiger partial charge in [0.2, 0.25) is 0 Å². The highest BCUT2D eigenvalue weighted by Gasteiger charge is 2.19. The van der Waals surface area contributed by atoms with Crippen LogP contribution < -0.4 is 9.46 Å². The highest BCUT2D eigenvalue weighted by Crippen LogP contribution is 2.31. The summed E-state index contributed by atoms with van der Waals surface area (Å²) in [5, 5.41) is 10.9. The number of non-ortho nitro benzene ring substituents is 1. The topological polar surface area (TPSA) is 98.5 Å². The smallest absolute Gasteiger partial charge is 0.271 e. The predicted octanol–water partition coefficient (Wildman–Crippen LogP) is 3.10. The molecule has 0 amide bonds. The Balaban J connectivity index is 2.41. The van der Waals surface area contributed by atoms with E-state index in [9.17, 15) is 22.9 Å². The molecule has 0 aliphatic rings. The molecule has 24 heavy (non-hydrogen) atoms. The van der Waals surface area contributed by atoms with Gasteiger partial charge >= 0.3 is 0 Å². The summed E-state index contributed by atoms with van der Waals surface area (Å²) in [4.78, 5) is 10.0. The summed E-state index contributed by atoms with van der Waals surface area (Å²) in [5.41, 5.74) is -0.409. The van der Waals surface area contributed by atoms with Crippen molar-refractivity contribution in [3.05, 3.63) is 71.1 Å². The molecule has 0 aliphatic heterocycles. The average Bonchev–Trinajstić information content (AvgIpc) is 2.53. The number of benzene rings is 2. The van der Waals surface area contributed by atoms with Crippen molar-refractivity contribution in [3.8, 4) is 5.75 Å². The van der Waals surface area contributed by atoms with E-state index in [0.29, 0.717) is 0 Å². The van der Waals surface area contributed by atoms with E-state index >= 15 is 0 Å². The lowest BCUT2D eigenvalue weighted by Gasteiger charge is -2.13. The van der Waals surface area contributed by atoms with Crippen molar-refractivity contribution in [2.75, 3.05) is 11.3 Å². The van der Waals surface area contributed by atoms with Gasteiger partial charge in [0.05, 0.1) is 15.5 Å². The van der Waals surface area contributed by atoms with E-state index in [1.54, 1.807) is 0 Å². The van der Waals surface area contributed by atoms with Crippen LogP contribution in [-0.4, -0.2) is 19.9 Å². The minimum atomic E-state index is -4.07. The first-order chi connectivity index (χ1) is 11.3. The number of ether oxygens (including phenoxy) is 1. The van der Waals surface area contributed by atoms with Gasteiger partial charge in [-0.05, 0) is 30.3 Å². The maximum absolute atomic E-state index is 12.9. The largest absolute Gasteiger partial charge is 0.487 e. The van der Waals surface area contributed by atoms with Crippen molar-refractivity contribution >= 4 is 21.4 Å². The number of hydrogen-bond acceptors (Lipinski definition) is 5. The van der Waals surface area contributed by atoms with Gasteiger partial charge in [0, 0.05) is 12.1 Å². The summed E-state index contributed by atoms with van der Waals surface area (Å²) in [7, 11) is -4.07. The summed E-state index contributed by atoms with van der Waals surface area (Å²) < 4.78 is 45.1. The average molecular weight is 352 g/mol. The monoisotopic (exact) mass is 352 g/mol. The number of halogens is 1. The molecule has 2 rings (SSSR count). The molecule has 0 saturated heterocycles. The lowest BCUT2D eigenvalue weighted by Crippen LogP contribution is -2.14. The predicted molar refractivity (Wildman–Crippen MR) is 86.0 cm³/mol. The highest BCUT2D eigenvalue weighted by atomic mass is 32.2. The van der Waals surface area contributed by atoms with Crippen LogP contribution in [0.4, 0.5) is 15.8 Å². The SMILES string of the molecule is C=CCOc1ccc([N+](=O)[O-])cc1NS(=O)(=O)c1ccc(F)cc1. The second kappa shape index (κ2) is 7.09. The van der Waals surface area contributed by atoms with E-state index < -0.39 is 20.8 Å². The van der Waals surface area contributed by atoms with Crippen LogP contribution in [-0.2, 0) is 10.0 Å². The zero-order chi connectivity index (χ0) is 17.7. The molecule has 7 nitrogen and oxygen atoms in total. The van der Waals surface area contributed by atoms with Crippen molar-refractivity contribution in [1.29, 1.82) is 0 Å². The van der Waals surface area contributed by atoms with E-state index in [4.69, 9.17) is 4.74 Å². The third kappa shape index (κ3) is 4.07. The lowest BCUT2D eigenvalue weighted by molar-refractivity contribution is -0.384. The van der Waals surface area contributed by atoms with Crippen LogP contribution in [0.3, 0.4) is 0 Å². The molecule has 0 atom stereocenters. The fourth-order valence-electron chi connectivity index (χ4n) is 1.80. The number of nitrogens with zero attached hydrogens (tertiary/aromatic N) is 1. The molecule has 0 radical (unpaired) electrons. The van der Waals surface area contributed by atoms with Crippen molar-refractivity contribution in [2.24, 2.45) is 0 Å². The number of nitro benzene ring substituents is 1. The van der Waals surface area contributed by atoms with E-state index in [1.807, 2.05) is 0 Å². The molecular formula is C15H13FN2O5S. The zero-order valence-electron chi connectivity index (χ0n) is 12.3. The number of anilines is 1. The first-order valence-electron chi connectivity index (χ1n) is 6.64. The molecule has 1 N–H and O–H groups in total. The zero-order valence-corrected chi connectivity index (χ0v) is 13.1. The number of rotatable bonds is 7. The van der Waals surface area contributed by atoms with Crippen LogP contribution >= 0.6 is 0 Å². The lowest BCUT2D eigenvalue weighted by atomic mass is 10.2. The minimum absolute atomic E-state index is 0.0864. The Hall–Kier alpha value is -2.94. The Morgan fingerprint density at radius 3 is 2.50 bits per heavy atom. The molecule has 0 aliphatic carbocycles. The summed E-state index contributed by atoms with van der Waals surface area (Å²) in [5.74, 6) is -0.481. The third-order valence-electron chi connectivity index (χ3n) is 2.90. The van der Waals surface area contributed by atoms with Crippen molar-refractivity contribution in [3.63, 3.8) is 0 Å². The number of nitrogens with one attached hydrogen (secondary N) is 1. The molecular weight excluding hydrogens is 339 g/mol. The van der Waals surface area contributed by atoms with Gasteiger partial charge in [0.25, 0.3) is 15.7 Å². The molecule has 0 saturated carbocycles. The van der Waals surface area contributed by atoms with Crippen LogP contribution in [0.5, 0.6) is 5.75 Å². The van der Waals surface area contributed by atoms with E-state index in [0.717, 1.165) is 30.3 Å².